The maximum atomic E-state index is 12.1. The number of nitrogens with one attached hydrogen (secondary N) is 1. The molecule has 20 heavy (non-hydrogen) atoms. The molecule has 0 aromatic rings. The molecule has 6 heteroatoms. The molecule has 1 N–H and O–H groups in total. The number of ether oxygens (including phenoxy) is 3. The van der Waals surface area contributed by atoms with Crippen LogP contribution in [0.5, 0.6) is 0 Å². The molecule has 0 aromatic carbocycles. The minimum atomic E-state index is -0.729. The van der Waals surface area contributed by atoms with Gasteiger partial charge in [0, 0.05) is 11.8 Å². The van der Waals surface area contributed by atoms with E-state index in [4.69, 9.17) is 14.2 Å². The van der Waals surface area contributed by atoms with Crippen LogP contribution in [0.3, 0.4) is 0 Å². The van der Waals surface area contributed by atoms with Crippen molar-refractivity contribution >= 4 is 22.0 Å². The molecule has 0 aromatic heterocycles. The molecule has 114 valence electrons. The summed E-state index contributed by atoms with van der Waals surface area (Å²) in [7, 11) is 0. The summed E-state index contributed by atoms with van der Waals surface area (Å²) in [6.45, 7) is 9.75. The molecule has 4 saturated heterocycles. The van der Waals surface area contributed by atoms with Crippen molar-refractivity contribution in [3.8, 4) is 0 Å². The van der Waals surface area contributed by atoms with Crippen molar-refractivity contribution < 1.29 is 19.0 Å². The van der Waals surface area contributed by atoms with Crippen molar-refractivity contribution in [3.05, 3.63) is 0 Å². The fourth-order valence-corrected chi connectivity index (χ4v) is 4.73. The highest BCUT2D eigenvalue weighted by atomic mass is 79.9. The highest BCUT2D eigenvalue weighted by Gasteiger charge is 2.71. The van der Waals surface area contributed by atoms with Crippen LogP contribution >= 0.6 is 15.9 Å². The lowest BCUT2D eigenvalue weighted by Crippen LogP contribution is -2.66. The fourth-order valence-electron chi connectivity index (χ4n) is 3.66. The first-order valence-corrected chi connectivity index (χ1v) is 8.06. The third-order valence-corrected chi connectivity index (χ3v) is 5.77. The monoisotopic (exact) mass is 347 g/mol. The van der Waals surface area contributed by atoms with Gasteiger partial charge in [-0.05, 0) is 20.8 Å². The molecule has 1 amide bonds. The molecule has 7 atom stereocenters. The molecule has 4 aliphatic heterocycles. The second kappa shape index (κ2) is 4.34. The number of alkyl carbamates (subject to hydrolysis) is 1. The Labute approximate surface area is 127 Å². The standard InChI is InChI=1S/C14H22BrNO4/c1-6-8-7(2)14(16-12(17)20-13(3,4)5)11(15)10(18-8)9(6)19-14/h6-11H,1-5H3,(H,16,17)/t6-,7+,8+,9+,10-,11+,14-/m1/s1. The van der Waals surface area contributed by atoms with Gasteiger partial charge in [-0.25, -0.2) is 4.79 Å². The molecule has 4 rings (SSSR count). The largest absolute Gasteiger partial charge is 0.444 e. The van der Waals surface area contributed by atoms with E-state index >= 15 is 0 Å². The zero-order valence-corrected chi connectivity index (χ0v) is 14.1. The number of carbonyl (C=O) groups is 1. The number of hydrogen-bond acceptors (Lipinski definition) is 4. The molecule has 0 saturated carbocycles. The SMILES string of the molecule is C[C@H]1[C@@H]2O[C@]3(NC(=O)OC(C)(C)C)[C@@H](C)[C@H]1O[C@H]2[C@@H]3Br. The second-order valence-electron chi connectivity index (χ2n) is 7.12. The van der Waals surface area contributed by atoms with Crippen LogP contribution in [0.25, 0.3) is 0 Å². The number of alkyl halides is 1. The second-order valence-corrected chi connectivity index (χ2v) is 8.10. The van der Waals surface area contributed by atoms with Crippen LogP contribution in [0.1, 0.15) is 34.6 Å². The highest BCUT2D eigenvalue weighted by molar-refractivity contribution is 9.09. The van der Waals surface area contributed by atoms with Crippen molar-refractivity contribution in [3.63, 3.8) is 0 Å². The molecular weight excluding hydrogens is 326 g/mol. The van der Waals surface area contributed by atoms with Crippen LogP contribution in [0.2, 0.25) is 0 Å². The molecule has 0 spiro atoms. The lowest BCUT2D eigenvalue weighted by Gasteiger charge is -2.47. The normalized spacial score (nSPS) is 49.5. The third-order valence-electron chi connectivity index (χ3n) is 4.57. The van der Waals surface area contributed by atoms with Gasteiger partial charge in [0.15, 0.2) is 5.72 Å². The summed E-state index contributed by atoms with van der Waals surface area (Å²) in [5, 5.41) is 2.95. The fraction of sp³-hybridized carbons (Fsp3) is 0.929. The van der Waals surface area contributed by atoms with E-state index in [2.05, 4.69) is 35.1 Å². The average Bonchev–Trinajstić information content (AvgIpc) is 2.66. The van der Waals surface area contributed by atoms with Gasteiger partial charge in [0.1, 0.15) is 11.7 Å². The van der Waals surface area contributed by atoms with Gasteiger partial charge in [-0.1, -0.05) is 29.8 Å². The maximum absolute atomic E-state index is 12.1. The smallest absolute Gasteiger partial charge is 0.409 e. The Balaban J connectivity index is 1.81. The van der Waals surface area contributed by atoms with Crippen LogP contribution in [0.15, 0.2) is 0 Å². The van der Waals surface area contributed by atoms with Crippen LogP contribution in [0.4, 0.5) is 4.79 Å². The van der Waals surface area contributed by atoms with Crippen molar-refractivity contribution in [2.24, 2.45) is 11.8 Å². The van der Waals surface area contributed by atoms with Crippen molar-refractivity contribution in [2.75, 3.05) is 0 Å². The van der Waals surface area contributed by atoms with Gasteiger partial charge in [0.05, 0.1) is 17.0 Å². The summed E-state index contributed by atoms with van der Waals surface area (Å²) >= 11 is 3.66. The molecule has 0 unspecified atom stereocenters. The summed E-state index contributed by atoms with van der Waals surface area (Å²) in [6.07, 6.45) is -0.275. The first-order chi connectivity index (χ1) is 9.16. The molecule has 4 fully saturated rings. The number of carbonyl (C=O) groups excluding carboxylic acids is 1. The summed E-state index contributed by atoms with van der Waals surface area (Å²) in [5.41, 5.74) is -1.25. The Bertz CT molecular complexity index is 435. The van der Waals surface area contributed by atoms with E-state index in [1.54, 1.807) is 0 Å². The van der Waals surface area contributed by atoms with Gasteiger partial charge in [-0.2, -0.15) is 0 Å². The van der Waals surface area contributed by atoms with E-state index in [1.165, 1.54) is 0 Å². The first kappa shape index (κ1) is 14.6. The zero-order chi connectivity index (χ0) is 14.9. The summed E-state index contributed by atoms with van der Waals surface area (Å²) in [5.74, 6) is 0.426. The topological polar surface area (TPSA) is 56.8 Å². The number of amides is 1. The minimum absolute atomic E-state index is 0.00105. The van der Waals surface area contributed by atoms with Gasteiger partial charge in [0.2, 0.25) is 0 Å². The Kier molecular flexibility index (Phi) is 3.16. The number of hydrogen-bond donors (Lipinski definition) is 1. The van der Waals surface area contributed by atoms with E-state index in [9.17, 15) is 4.79 Å². The Hall–Kier alpha value is -0.330. The molecule has 0 radical (unpaired) electrons. The molecule has 4 heterocycles. The maximum Gasteiger partial charge on any atom is 0.409 e. The highest BCUT2D eigenvalue weighted by Crippen LogP contribution is 2.56. The number of halogens is 1. The zero-order valence-electron chi connectivity index (χ0n) is 12.5. The van der Waals surface area contributed by atoms with Gasteiger partial charge in [-0.3, -0.25) is 5.32 Å². The first-order valence-electron chi connectivity index (χ1n) is 7.14. The predicted molar refractivity (Wildman–Crippen MR) is 76.7 cm³/mol. The van der Waals surface area contributed by atoms with E-state index in [-0.39, 0.29) is 29.1 Å². The summed E-state index contributed by atoms with van der Waals surface area (Å²) < 4.78 is 17.6. The predicted octanol–water partition coefficient (Wildman–Crippen LogP) is 2.42. The van der Waals surface area contributed by atoms with Crippen molar-refractivity contribution in [1.29, 1.82) is 0 Å². The van der Waals surface area contributed by atoms with Gasteiger partial charge >= 0.3 is 6.09 Å². The van der Waals surface area contributed by atoms with Crippen LogP contribution in [-0.2, 0) is 14.2 Å². The molecule has 0 aliphatic carbocycles. The summed E-state index contributed by atoms with van der Waals surface area (Å²) in [4.78, 5) is 12.1. The van der Waals surface area contributed by atoms with Crippen LogP contribution < -0.4 is 5.32 Å². The Morgan fingerprint density at radius 1 is 1.25 bits per heavy atom. The van der Waals surface area contributed by atoms with Gasteiger partial charge < -0.3 is 14.2 Å². The minimum Gasteiger partial charge on any atom is -0.444 e. The van der Waals surface area contributed by atoms with Crippen molar-refractivity contribution in [1.82, 2.24) is 5.32 Å². The third kappa shape index (κ3) is 1.91. The molecule has 4 aliphatic rings. The quantitative estimate of drug-likeness (QED) is 0.740. The lowest BCUT2D eigenvalue weighted by atomic mass is 9.83. The molecule has 5 nitrogen and oxygen atoms in total. The van der Waals surface area contributed by atoms with Gasteiger partial charge in [-0.15, -0.1) is 0 Å². The Morgan fingerprint density at radius 2 is 1.90 bits per heavy atom. The van der Waals surface area contributed by atoms with E-state index in [0.717, 1.165) is 0 Å². The average molecular weight is 348 g/mol. The van der Waals surface area contributed by atoms with E-state index in [1.807, 2.05) is 20.8 Å². The number of rotatable bonds is 1. The lowest BCUT2D eigenvalue weighted by molar-refractivity contribution is -0.176. The van der Waals surface area contributed by atoms with E-state index in [0.29, 0.717) is 5.92 Å². The summed E-state index contributed by atoms with van der Waals surface area (Å²) in [6, 6.07) is 0. The van der Waals surface area contributed by atoms with E-state index < -0.39 is 17.4 Å². The molecule has 4 bridgehead atoms. The van der Waals surface area contributed by atoms with Gasteiger partial charge in [0.25, 0.3) is 0 Å². The van der Waals surface area contributed by atoms with Crippen LogP contribution in [0, 0.1) is 11.8 Å². The Morgan fingerprint density at radius 3 is 2.45 bits per heavy atom. The van der Waals surface area contributed by atoms with Crippen LogP contribution in [-0.4, -0.2) is 40.6 Å². The van der Waals surface area contributed by atoms with Crippen molar-refractivity contribution in [2.45, 2.75) is 69.1 Å². The molecular formula is C14H22BrNO4.